The summed E-state index contributed by atoms with van der Waals surface area (Å²) >= 11 is 0. The highest BCUT2D eigenvalue weighted by Crippen LogP contribution is 2.16. The molecule has 4 nitrogen and oxygen atoms in total. The molecular weight excluding hydrogens is 376 g/mol. The van der Waals surface area contributed by atoms with Gasteiger partial charge in [0.1, 0.15) is 0 Å². The van der Waals surface area contributed by atoms with E-state index in [1.165, 1.54) is 83.5 Å². The molecule has 0 aliphatic carbocycles. The molecule has 0 heterocycles. The van der Waals surface area contributed by atoms with Crippen LogP contribution in [0.1, 0.15) is 129 Å². The number of allylic oxidation sites excluding steroid dienone is 2. The normalized spacial score (nSPS) is 12.3. The molecule has 0 saturated heterocycles. The molecule has 0 rings (SSSR count). The second-order valence-electron chi connectivity index (χ2n) is 8.54. The summed E-state index contributed by atoms with van der Waals surface area (Å²) in [4.78, 5) is 22.9. The molecule has 1 N–H and O–H groups in total. The third kappa shape index (κ3) is 20.0. The number of hydrogen-bond donors (Lipinski definition) is 1. The van der Waals surface area contributed by atoms with Crippen LogP contribution in [-0.2, 0) is 14.3 Å². The van der Waals surface area contributed by atoms with E-state index in [1.54, 1.807) is 0 Å². The van der Waals surface area contributed by atoms with Crippen LogP contribution in [0.5, 0.6) is 0 Å². The van der Waals surface area contributed by atoms with Gasteiger partial charge >= 0.3 is 11.9 Å². The van der Waals surface area contributed by atoms with Crippen LogP contribution >= 0.6 is 0 Å². The highest BCUT2D eigenvalue weighted by molar-refractivity contribution is 5.79. The predicted molar refractivity (Wildman–Crippen MR) is 126 cm³/mol. The lowest BCUT2D eigenvalue weighted by atomic mass is 9.99. The Morgan fingerprint density at radius 3 is 1.73 bits per heavy atom. The van der Waals surface area contributed by atoms with Gasteiger partial charge in [-0.1, -0.05) is 103 Å². The van der Waals surface area contributed by atoms with Gasteiger partial charge in [0.2, 0.25) is 0 Å². The molecule has 0 spiro atoms. The summed E-state index contributed by atoms with van der Waals surface area (Å²) in [6.45, 7) is 4.56. The zero-order chi connectivity index (χ0) is 22.3. The first-order valence-corrected chi connectivity index (χ1v) is 12.6. The Kier molecular flexibility index (Phi) is 21.4. The van der Waals surface area contributed by atoms with E-state index in [9.17, 15) is 9.59 Å². The van der Waals surface area contributed by atoms with Crippen molar-refractivity contribution in [3.63, 3.8) is 0 Å². The lowest BCUT2D eigenvalue weighted by Crippen LogP contribution is -2.21. The molecular formula is C26H48O4. The Bertz CT molecular complexity index is 431. The summed E-state index contributed by atoms with van der Waals surface area (Å²) in [5.74, 6) is -1.84. The number of ether oxygens (including phenoxy) is 1. The van der Waals surface area contributed by atoms with Crippen LogP contribution in [0.4, 0.5) is 0 Å². The minimum atomic E-state index is -0.940. The standard InChI is InChI=1S/C26H48O4/c1-3-5-6-7-8-9-10-11-12-13-14-15-16-17-18-19-20-21-24(23-25(27)28)26(29)30-22-4-2/h18-19,24H,3-17,20-23H2,1-2H3,(H,27,28)/b19-18+. The first-order valence-electron chi connectivity index (χ1n) is 12.6. The fourth-order valence-corrected chi connectivity index (χ4v) is 3.65. The maximum absolute atomic E-state index is 11.9. The van der Waals surface area contributed by atoms with E-state index in [0.717, 1.165) is 19.3 Å². The van der Waals surface area contributed by atoms with Gasteiger partial charge < -0.3 is 9.84 Å². The molecule has 0 fully saturated rings. The van der Waals surface area contributed by atoms with Crippen molar-refractivity contribution in [2.75, 3.05) is 6.61 Å². The van der Waals surface area contributed by atoms with E-state index in [-0.39, 0.29) is 12.4 Å². The molecule has 0 radical (unpaired) electrons. The van der Waals surface area contributed by atoms with Gasteiger partial charge in [0.05, 0.1) is 18.9 Å². The molecule has 0 amide bonds. The largest absolute Gasteiger partial charge is 0.481 e. The van der Waals surface area contributed by atoms with E-state index < -0.39 is 11.9 Å². The van der Waals surface area contributed by atoms with Gasteiger partial charge in [-0.2, -0.15) is 0 Å². The predicted octanol–water partition coefficient (Wildman–Crippen LogP) is 7.85. The average Bonchev–Trinajstić information content (AvgIpc) is 2.73. The number of unbranched alkanes of at least 4 members (excludes halogenated alkanes) is 13. The zero-order valence-electron chi connectivity index (χ0n) is 19.8. The monoisotopic (exact) mass is 424 g/mol. The van der Waals surface area contributed by atoms with Crippen molar-refractivity contribution < 1.29 is 19.4 Å². The molecule has 1 atom stereocenters. The van der Waals surface area contributed by atoms with Gasteiger partial charge in [-0.15, -0.1) is 0 Å². The van der Waals surface area contributed by atoms with Crippen LogP contribution in [0, 0.1) is 5.92 Å². The maximum atomic E-state index is 11.9. The van der Waals surface area contributed by atoms with E-state index in [0.29, 0.717) is 13.0 Å². The number of carbonyl (C=O) groups excluding carboxylic acids is 1. The number of carboxylic acid groups (broad SMARTS) is 1. The SMILES string of the molecule is CCCCCCCCCCCCCCC/C=C/CCC(CC(=O)O)C(=O)OCCC. The van der Waals surface area contributed by atoms with Gasteiger partial charge in [-0.05, 0) is 32.1 Å². The number of carbonyl (C=O) groups is 2. The molecule has 0 aromatic carbocycles. The number of esters is 1. The molecule has 0 aromatic heterocycles. The molecule has 4 heteroatoms. The molecule has 176 valence electrons. The van der Waals surface area contributed by atoms with E-state index >= 15 is 0 Å². The first kappa shape index (κ1) is 28.7. The first-order chi connectivity index (χ1) is 14.6. The van der Waals surface area contributed by atoms with Crippen LogP contribution in [-0.4, -0.2) is 23.7 Å². The molecule has 30 heavy (non-hydrogen) atoms. The summed E-state index contributed by atoms with van der Waals surface area (Å²) < 4.78 is 5.11. The highest BCUT2D eigenvalue weighted by Gasteiger charge is 2.22. The second-order valence-corrected chi connectivity index (χ2v) is 8.54. The van der Waals surface area contributed by atoms with Crippen LogP contribution < -0.4 is 0 Å². The lowest BCUT2D eigenvalue weighted by molar-refractivity contribution is -0.153. The van der Waals surface area contributed by atoms with Gasteiger partial charge in [0.15, 0.2) is 0 Å². The number of rotatable bonds is 22. The smallest absolute Gasteiger partial charge is 0.309 e. The summed E-state index contributed by atoms with van der Waals surface area (Å²) in [6.07, 6.45) is 25.0. The Labute approximate surface area is 185 Å². The van der Waals surface area contributed by atoms with Crippen molar-refractivity contribution >= 4 is 11.9 Å². The van der Waals surface area contributed by atoms with Crippen molar-refractivity contribution in [1.29, 1.82) is 0 Å². The Hall–Kier alpha value is -1.32. The molecule has 0 aliphatic rings. The van der Waals surface area contributed by atoms with Gasteiger partial charge in [0.25, 0.3) is 0 Å². The average molecular weight is 425 g/mol. The molecule has 0 aliphatic heterocycles. The van der Waals surface area contributed by atoms with Crippen LogP contribution in [0.3, 0.4) is 0 Å². The van der Waals surface area contributed by atoms with Crippen molar-refractivity contribution in [3.05, 3.63) is 12.2 Å². The minimum Gasteiger partial charge on any atom is -0.481 e. The third-order valence-corrected chi connectivity index (χ3v) is 5.53. The fourth-order valence-electron chi connectivity index (χ4n) is 3.65. The molecule has 0 bridgehead atoms. The zero-order valence-corrected chi connectivity index (χ0v) is 19.8. The summed E-state index contributed by atoms with van der Waals surface area (Å²) in [5, 5.41) is 8.98. The summed E-state index contributed by atoms with van der Waals surface area (Å²) in [7, 11) is 0. The van der Waals surface area contributed by atoms with E-state index in [4.69, 9.17) is 9.84 Å². The molecule has 1 unspecified atom stereocenters. The minimum absolute atomic E-state index is 0.144. The summed E-state index contributed by atoms with van der Waals surface area (Å²) in [6, 6.07) is 0. The van der Waals surface area contributed by atoms with E-state index in [2.05, 4.69) is 19.1 Å². The maximum Gasteiger partial charge on any atom is 0.309 e. The van der Waals surface area contributed by atoms with Gasteiger partial charge in [-0.3, -0.25) is 9.59 Å². The number of aliphatic carboxylic acids is 1. The lowest BCUT2D eigenvalue weighted by Gasteiger charge is -2.12. The van der Waals surface area contributed by atoms with Crippen LogP contribution in [0.2, 0.25) is 0 Å². The van der Waals surface area contributed by atoms with Crippen molar-refractivity contribution in [3.8, 4) is 0 Å². The second kappa shape index (κ2) is 22.4. The quantitative estimate of drug-likeness (QED) is 0.109. The van der Waals surface area contributed by atoms with Crippen molar-refractivity contribution in [2.24, 2.45) is 5.92 Å². The fraction of sp³-hybridized carbons (Fsp3) is 0.846. The molecule has 0 aromatic rings. The van der Waals surface area contributed by atoms with Crippen molar-refractivity contribution in [1.82, 2.24) is 0 Å². The Balaban J connectivity index is 3.56. The van der Waals surface area contributed by atoms with Crippen molar-refractivity contribution in [2.45, 2.75) is 129 Å². The van der Waals surface area contributed by atoms with Crippen LogP contribution in [0.25, 0.3) is 0 Å². The van der Waals surface area contributed by atoms with Gasteiger partial charge in [-0.25, -0.2) is 0 Å². The number of hydrogen-bond acceptors (Lipinski definition) is 3. The van der Waals surface area contributed by atoms with Crippen LogP contribution in [0.15, 0.2) is 12.2 Å². The highest BCUT2D eigenvalue weighted by atomic mass is 16.5. The Morgan fingerprint density at radius 1 is 0.733 bits per heavy atom. The topological polar surface area (TPSA) is 63.6 Å². The molecule has 0 saturated carbocycles. The Morgan fingerprint density at radius 2 is 1.23 bits per heavy atom. The third-order valence-electron chi connectivity index (χ3n) is 5.53. The number of carboxylic acids is 1. The van der Waals surface area contributed by atoms with Gasteiger partial charge in [0, 0.05) is 0 Å². The van der Waals surface area contributed by atoms with E-state index in [1.807, 2.05) is 6.92 Å². The summed E-state index contributed by atoms with van der Waals surface area (Å²) in [5.41, 5.74) is 0.